The summed E-state index contributed by atoms with van der Waals surface area (Å²) >= 11 is 0. The highest BCUT2D eigenvalue weighted by Crippen LogP contribution is 2.16. The van der Waals surface area contributed by atoms with Gasteiger partial charge in [-0.3, -0.25) is 0 Å². The Hall–Kier alpha value is -1.44. The van der Waals surface area contributed by atoms with Crippen molar-refractivity contribution in [1.29, 1.82) is 0 Å². The third-order valence-electron chi connectivity index (χ3n) is 2.55. The van der Waals surface area contributed by atoms with Crippen LogP contribution < -0.4 is 14.8 Å². The van der Waals surface area contributed by atoms with Crippen LogP contribution >= 0.6 is 0 Å². The molecule has 1 rings (SSSR count). The second kappa shape index (κ2) is 10.3. The molecule has 0 aromatic heterocycles. The predicted octanol–water partition coefficient (Wildman–Crippen LogP) is 1.31. The van der Waals surface area contributed by atoms with E-state index in [-0.39, 0.29) is 13.2 Å². The number of aliphatic hydroxyl groups is 1. The summed E-state index contributed by atoms with van der Waals surface area (Å²) in [5.41, 5.74) is 0. The molecule has 0 spiro atoms. The molecule has 120 valence electrons. The second-order valence-corrected chi connectivity index (χ2v) is 4.31. The molecular formula is C14H21F2NO4. The van der Waals surface area contributed by atoms with Crippen molar-refractivity contribution in [1.82, 2.24) is 5.32 Å². The van der Waals surface area contributed by atoms with Crippen molar-refractivity contribution in [3.8, 4) is 11.5 Å². The molecule has 0 fully saturated rings. The van der Waals surface area contributed by atoms with Crippen molar-refractivity contribution in [3.05, 3.63) is 24.3 Å². The Morgan fingerprint density at radius 3 is 2.43 bits per heavy atom. The summed E-state index contributed by atoms with van der Waals surface area (Å²) in [4.78, 5) is 0. The Bertz CT molecular complexity index is 376. The van der Waals surface area contributed by atoms with Gasteiger partial charge in [-0.2, -0.15) is 0 Å². The highest BCUT2D eigenvalue weighted by Gasteiger charge is 2.05. The fraction of sp³-hybridized carbons (Fsp3) is 0.571. The zero-order valence-electron chi connectivity index (χ0n) is 11.9. The van der Waals surface area contributed by atoms with Crippen LogP contribution in [0.3, 0.4) is 0 Å². The van der Waals surface area contributed by atoms with Crippen LogP contribution in [-0.2, 0) is 4.74 Å². The van der Waals surface area contributed by atoms with E-state index in [9.17, 15) is 13.9 Å². The van der Waals surface area contributed by atoms with Crippen LogP contribution in [0.1, 0.15) is 0 Å². The predicted molar refractivity (Wildman–Crippen MR) is 74.2 cm³/mol. The molecule has 7 heteroatoms. The number of nitrogens with one attached hydrogen (secondary N) is 1. The van der Waals surface area contributed by atoms with Crippen molar-refractivity contribution >= 4 is 0 Å². The molecule has 0 aliphatic carbocycles. The lowest BCUT2D eigenvalue weighted by atomic mass is 10.3. The molecular weight excluding hydrogens is 284 g/mol. The molecule has 1 unspecified atom stereocenters. The van der Waals surface area contributed by atoms with Gasteiger partial charge in [0, 0.05) is 13.1 Å². The zero-order chi connectivity index (χ0) is 15.5. The van der Waals surface area contributed by atoms with Crippen LogP contribution in [0.15, 0.2) is 24.3 Å². The minimum absolute atomic E-state index is 0.136. The number of alkyl halides is 2. The summed E-state index contributed by atoms with van der Waals surface area (Å²) in [7, 11) is 1.58. The Morgan fingerprint density at radius 2 is 1.81 bits per heavy atom. The summed E-state index contributed by atoms with van der Waals surface area (Å²) in [6.07, 6.45) is -3.14. The molecule has 0 aliphatic rings. The lowest BCUT2D eigenvalue weighted by molar-refractivity contribution is 0.0177. The van der Waals surface area contributed by atoms with Crippen molar-refractivity contribution in [3.63, 3.8) is 0 Å². The van der Waals surface area contributed by atoms with Gasteiger partial charge in [-0.1, -0.05) is 0 Å². The minimum atomic E-state index is -2.45. The van der Waals surface area contributed by atoms with Gasteiger partial charge in [-0.25, -0.2) is 8.78 Å². The van der Waals surface area contributed by atoms with E-state index in [2.05, 4.69) is 5.32 Å². The molecule has 0 bridgehead atoms. The largest absolute Gasteiger partial charge is 0.497 e. The average molecular weight is 305 g/mol. The van der Waals surface area contributed by atoms with Gasteiger partial charge in [0.1, 0.15) is 30.8 Å². The third kappa shape index (κ3) is 8.44. The molecule has 1 aromatic carbocycles. The number of rotatable bonds is 11. The van der Waals surface area contributed by atoms with Crippen LogP contribution in [0, 0.1) is 0 Å². The first-order chi connectivity index (χ1) is 10.1. The summed E-state index contributed by atoms with van der Waals surface area (Å²) < 4.78 is 38.7. The van der Waals surface area contributed by atoms with E-state index in [1.54, 1.807) is 31.4 Å². The first-order valence-electron chi connectivity index (χ1n) is 6.63. The molecule has 0 radical (unpaired) electrons. The molecule has 0 saturated carbocycles. The van der Waals surface area contributed by atoms with Gasteiger partial charge in [0.25, 0.3) is 6.43 Å². The van der Waals surface area contributed by atoms with Gasteiger partial charge in [0.15, 0.2) is 0 Å². The summed E-state index contributed by atoms with van der Waals surface area (Å²) in [6.45, 7) is 0.443. The van der Waals surface area contributed by atoms with Crippen LogP contribution in [0.2, 0.25) is 0 Å². The van der Waals surface area contributed by atoms with Crippen molar-refractivity contribution in [2.45, 2.75) is 12.5 Å². The molecule has 1 aromatic rings. The molecule has 5 nitrogen and oxygen atoms in total. The van der Waals surface area contributed by atoms with E-state index in [1.165, 1.54) is 0 Å². The number of aliphatic hydroxyl groups excluding tert-OH is 1. The Balaban J connectivity index is 2.06. The summed E-state index contributed by atoms with van der Waals surface area (Å²) in [6, 6.07) is 7.02. The van der Waals surface area contributed by atoms with Crippen LogP contribution in [0.25, 0.3) is 0 Å². The van der Waals surface area contributed by atoms with Gasteiger partial charge >= 0.3 is 0 Å². The molecule has 0 aliphatic heterocycles. The number of methoxy groups -OCH3 is 1. The van der Waals surface area contributed by atoms with E-state index >= 15 is 0 Å². The first-order valence-corrected chi connectivity index (χ1v) is 6.63. The van der Waals surface area contributed by atoms with E-state index < -0.39 is 19.1 Å². The van der Waals surface area contributed by atoms with Gasteiger partial charge in [0.05, 0.1) is 13.7 Å². The van der Waals surface area contributed by atoms with Gasteiger partial charge < -0.3 is 24.6 Å². The van der Waals surface area contributed by atoms with Crippen LogP contribution in [-0.4, -0.2) is 57.7 Å². The van der Waals surface area contributed by atoms with Gasteiger partial charge in [0.2, 0.25) is 0 Å². The molecule has 21 heavy (non-hydrogen) atoms. The Labute approximate surface area is 122 Å². The fourth-order valence-electron chi connectivity index (χ4n) is 1.51. The van der Waals surface area contributed by atoms with Crippen molar-refractivity contribution in [2.24, 2.45) is 0 Å². The molecule has 0 saturated heterocycles. The average Bonchev–Trinajstić information content (AvgIpc) is 2.49. The maximum atomic E-state index is 11.8. The lowest BCUT2D eigenvalue weighted by Crippen LogP contribution is -2.33. The summed E-state index contributed by atoms with van der Waals surface area (Å²) in [5.74, 6) is 1.36. The number of hydrogen-bond donors (Lipinski definition) is 2. The lowest BCUT2D eigenvalue weighted by Gasteiger charge is -2.13. The quantitative estimate of drug-likeness (QED) is 0.604. The number of benzene rings is 1. The normalized spacial score (nSPS) is 12.4. The molecule has 2 N–H and O–H groups in total. The van der Waals surface area contributed by atoms with E-state index in [0.29, 0.717) is 18.8 Å². The Kier molecular flexibility index (Phi) is 8.65. The monoisotopic (exact) mass is 305 g/mol. The maximum Gasteiger partial charge on any atom is 0.261 e. The van der Waals surface area contributed by atoms with E-state index in [0.717, 1.165) is 5.75 Å². The SMILES string of the molecule is COc1ccc(OCC(O)CNCCOCC(F)F)cc1. The second-order valence-electron chi connectivity index (χ2n) is 4.31. The first kappa shape index (κ1) is 17.6. The van der Waals surface area contributed by atoms with E-state index in [1.807, 2.05) is 0 Å². The number of halogens is 2. The topological polar surface area (TPSA) is 60.0 Å². The third-order valence-corrected chi connectivity index (χ3v) is 2.55. The summed E-state index contributed by atoms with van der Waals surface area (Å²) in [5, 5.41) is 12.6. The highest BCUT2D eigenvalue weighted by atomic mass is 19.3. The van der Waals surface area contributed by atoms with Gasteiger partial charge in [-0.05, 0) is 24.3 Å². The Morgan fingerprint density at radius 1 is 1.14 bits per heavy atom. The number of hydrogen-bond acceptors (Lipinski definition) is 5. The molecule has 0 amide bonds. The zero-order valence-corrected chi connectivity index (χ0v) is 11.9. The fourth-order valence-corrected chi connectivity index (χ4v) is 1.51. The van der Waals surface area contributed by atoms with Crippen molar-refractivity contribution in [2.75, 3.05) is 40.0 Å². The number of ether oxygens (including phenoxy) is 3. The molecule has 1 atom stereocenters. The smallest absolute Gasteiger partial charge is 0.261 e. The van der Waals surface area contributed by atoms with Crippen LogP contribution in [0.5, 0.6) is 11.5 Å². The maximum absolute atomic E-state index is 11.8. The van der Waals surface area contributed by atoms with E-state index in [4.69, 9.17) is 14.2 Å². The standard InChI is InChI=1S/C14H21F2NO4/c1-19-12-2-4-13(5-3-12)21-9-11(18)8-17-6-7-20-10-14(15)16/h2-5,11,14,17-18H,6-10H2,1H3. The molecule has 0 heterocycles. The highest BCUT2D eigenvalue weighted by molar-refractivity contribution is 5.31. The van der Waals surface area contributed by atoms with Crippen LogP contribution in [0.4, 0.5) is 8.78 Å². The van der Waals surface area contributed by atoms with Gasteiger partial charge in [-0.15, -0.1) is 0 Å². The minimum Gasteiger partial charge on any atom is -0.497 e. The van der Waals surface area contributed by atoms with Crippen molar-refractivity contribution < 1.29 is 28.1 Å².